The summed E-state index contributed by atoms with van der Waals surface area (Å²) < 4.78 is 9.78. The molecule has 0 spiro atoms. The van der Waals surface area contributed by atoms with Gasteiger partial charge in [0.15, 0.2) is 6.29 Å². The quantitative estimate of drug-likeness (QED) is 0.701. The molecule has 0 saturated heterocycles. The fraction of sp³-hybridized carbons (Fsp3) is 0.900. The second-order valence-electron chi connectivity index (χ2n) is 4.94. The smallest absolute Gasteiger partial charge is 0.408 e. The summed E-state index contributed by atoms with van der Waals surface area (Å²) in [5.41, 5.74) is -1.45. The van der Waals surface area contributed by atoms with Gasteiger partial charge in [0.25, 0.3) is 0 Å². The van der Waals surface area contributed by atoms with Gasteiger partial charge in [-0.25, -0.2) is 4.79 Å². The van der Waals surface area contributed by atoms with Crippen LogP contribution in [0.5, 0.6) is 0 Å². The number of alkyl carbamates (subject to hydrolysis) is 1. The molecule has 5 nitrogen and oxygen atoms in total. The summed E-state index contributed by atoms with van der Waals surface area (Å²) in [5.74, 6) is 0. The second-order valence-corrected chi connectivity index (χ2v) is 4.94. The molecule has 15 heavy (non-hydrogen) atoms. The van der Waals surface area contributed by atoms with Gasteiger partial charge in [0.1, 0.15) is 5.60 Å². The third-order valence-electron chi connectivity index (χ3n) is 1.66. The van der Waals surface area contributed by atoms with Gasteiger partial charge in [0.05, 0.1) is 5.54 Å². The summed E-state index contributed by atoms with van der Waals surface area (Å²) >= 11 is 0. The molecule has 5 heteroatoms. The fourth-order valence-electron chi connectivity index (χ4n) is 0.923. The molecule has 2 N–H and O–H groups in total. The van der Waals surface area contributed by atoms with Gasteiger partial charge in [-0.05, 0) is 34.6 Å². The predicted molar refractivity (Wildman–Crippen MR) is 56.5 cm³/mol. The lowest BCUT2D eigenvalue weighted by Gasteiger charge is -2.31. The molecule has 0 aliphatic rings. The Hall–Kier alpha value is -0.810. The van der Waals surface area contributed by atoms with Crippen LogP contribution in [0.1, 0.15) is 34.6 Å². The van der Waals surface area contributed by atoms with Crippen LogP contribution in [0.4, 0.5) is 4.79 Å². The Kier molecular flexibility index (Phi) is 4.55. The number of aliphatic hydroxyl groups excluding tert-OH is 1. The minimum Gasteiger partial charge on any atom is -0.444 e. The van der Waals surface area contributed by atoms with E-state index in [0.29, 0.717) is 0 Å². The van der Waals surface area contributed by atoms with Gasteiger partial charge < -0.3 is 19.9 Å². The predicted octanol–water partition coefficient (Wildman–Crippen LogP) is 1.25. The van der Waals surface area contributed by atoms with E-state index in [2.05, 4.69) is 5.32 Å². The van der Waals surface area contributed by atoms with E-state index in [1.807, 2.05) is 0 Å². The SMILES string of the molecule is COC(O)C(C)(C)NC(=O)OC(C)(C)C. The molecule has 1 unspecified atom stereocenters. The van der Waals surface area contributed by atoms with Crippen molar-refractivity contribution in [1.82, 2.24) is 5.32 Å². The van der Waals surface area contributed by atoms with Crippen molar-refractivity contribution in [2.75, 3.05) is 7.11 Å². The topological polar surface area (TPSA) is 67.8 Å². The first-order valence-corrected chi connectivity index (χ1v) is 4.80. The van der Waals surface area contributed by atoms with E-state index in [-0.39, 0.29) is 0 Å². The summed E-state index contributed by atoms with van der Waals surface area (Å²) in [6.07, 6.45) is -1.66. The number of carbonyl (C=O) groups is 1. The van der Waals surface area contributed by atoms with Gasteiger partial charge in [0.2, 0.25) is 0 Å². The normalized spacial score (nSPS) is 14.6. The number of ether oxygens (including phenoxy) is 2. The first-order valence-electron chi connectivity index (χ1n) is 4.80. The highest BCUT2D eigenvalue weighted by Crippen LogP contribution is 2.12. The maximum absolute atomic E-state index is 11.4. The number of rotatable bonds is 3. The van der Waals surface area contributed by atoms with Crippen molar-refractivity contribution < 1.29 is 19.4 Å². The van der Waals surface area contributed by atoms with Crippen LogP contribution in [0.2, 0.25) is 0 Å². The summed E-state index contributed by atoms with van der Waals surface area (Å²) in [5, 5.41) is 12.0. The van der Waals surface area contributed by atoms with Gasteiger partial charge in [-0.3, -0.25) is 0 Å². The molecule has 0 bridgehead atoms. The van der Waals surface area contributed by atoms with Gasteiger partial charge in [0, 0.05) is 7.11 Å². The van der Waals surface area contributed by atoms with E-state index in [1.165, 1.54) is 7.11 Å². The Balaban J connectivity index is 4.28. The molecule has 0 aromatic rings. The van der Waals surface area contributed by atoms with Crippen LogP contribution < -0.4 is 5.32 Å². The van der Waals surface area contributed by atoms with Crippen LogP contribution >= 0.6 is 0 Å². The number of carbonyl (C=O) groups excluding carboxylic acids is 1. The molecule has 0 heterocycles. The molecule has 90 valence electrons. The Morgan fingerprint density at radius 1 is 1.27 bits per heavy atom. The molecule has 0 aromatic heterocycles. The average molecular weight is 219 g/mol. The van der Waals surface area contributed by atoms with Crippen molar-refractivity contribution in [1.29, 1.82) is 0 Å². The van der Waals surface area contributed by atoms with Crippen molar-refractivity contribution >= 4 is 6.09 Å². The number of hydrogen-bond donors (Lipinski definition) is 2. The third-order valence-corrected chi connectivity index (χ3v) is 1.66. The first-order chi connectivity index (χ1) is 6.58. The van der Waals surface area contributed by atoms with Crippen LogP contribution in [0, 0.1) is 0 Å². The summed E-state index contributed by atoms with van der Waals surface area (Å²) in [6, 6.07) is 0. The fourth-order valence-corrected chi connectivity index (χ4v) is 0.923. The highest BCUT2D eigenvalue weighted by atomic mass is 16.6. The zero-order valence-electron chi connectivity index (χ0n) is 10.2. The van der Waals surface area contributed by atoms with Crippen molar-refractivity contribution in [3.63, 3.8) is 0 Å². The molecule has 0 rings (SSSR count). The average Bonchev–Trinajstić information content (AvgIpc) is 1.97. The van der Waals surface area contributed by atoms with Gasteiger partial charge in [-0.2, -0.15) is 0 Å². The zero-order valence-corrected chi connectivity index (χ0v) is 10.2. The van der Waals surface area contributed by atoms with Crippen LogP contribution in [0.3, 0.4) is 0 Å². The summed E-state index contributed by atoms with van der Waals surface area (Å²) in [7, 11) is 1.36. The number of nitrogens with one attached hydrogen (secondary N) is 1. The van der Waals surface area contributed by atoms with Crippen molar-refractivity contribution in [3.05, 3.63) is 0 Å². The molecule has 0 aromatic carbocycles. The van der Waals surface area contributed by atoms with Gasteiger partial charge >= 0.3 is 6.09 Å². The second kappa shape index (κ2) is 4.81. The number of amides is 1. The minimum atomic E-state index is -1.08. The number of methoxy groups -OCH3 is 1. The van der Waals surface area contributed by atoms with E-state index < -0.39 is 23.5 Å². The molecule has 0 aliphatic carbocycles. The van der Waals surface area contributed by atoms with Crippen LogP contribution in [0.25, 0.3) is 0 Å². The van der Waals surface area contributed by atoms with Crippen LogP contribution in [-0.4, -0.2) is 35.7 Å². The lowest BCUT2D eigenvalue weighted by atomic mass is 10.1. The highest BCUT2D eigenvalue weighted by molar-refractivity contribution is 5.68. The van der Waals surface area contributed by atoms with Crippen molar-refractivity contribution in [2.45, 2.75) is 52.0 Å². The third kappa shape index (κ3) is 5.59. The zero-order chi connectivity index (χ0) is 12.3. The number of aliphatic hydroxyl groups is 1. The molecule has 1 atom stereocenters. The molecule has 0 saturated carbocycles. The van der Waals surface area contributed by atoms with Gasteiger partial charge in [-0.15, -0.1) is 0 Å². The van der Waals surface area contributed by atoms with Crippen LogP contribution in [-0.2, 0) is 9.47 Å². The Morgan fingerprint density at radius 3 is 2.07 bits per heavy atom. The Morgan fingerprint density at radius 2 is 1.73 bits per heavy atom. The Labute approximate surface area is 90.8 Å². The van der Waals surface area contributed by atoms with Crippen LogP contribution in [0.15, 0.2) is 0 Å². The van der Waals surface area contributed by atoms with E-state index in [9.17, 15) is 9.90 Å². The highest BCUT2D eigenvalue weighted by Gasteiger charge is 2.31. The van der Waals surface area contributed by atoms with Crippen molar-refractivity contribution in [2.24, 2.45) is 0 Å². The molecule has 0 fully saturated rings. The molecular weight excluding hydrogens is 198 g/mol. The van der Waals surface area contributed by atoms with E-state index in [0.717, 1.165) is 0 Å². The number of hydrogen-bond acceptors (Lipinski definition) is 4. The van der Waals surface area contributed by atoms with E-state index in [4.69, 9.17) is 9.47 Å². The van der Waals surface area contributed by atoms with E-state index >= 15 is 0 Å². The monoisotopic (exact) mass is 219 g/mol. The first kappa shape index (κ1) is 14.2. The molecular formula is C10H21NO4. The Bertz CT molecular complexity index is 220. The molecule has 0 aliphatic heterocycles. The standard InChI is InChI=1S/C10H21NO4/c1-9(2,3)15-8(13)11-10(4,5)7(12)14-6/h7,12H,1-6H3,(H,11,13). The summed E-state index contributed by atoms with van der Waals surface area (Å²) in [4.78, 5) is 11.4. The lowest BCUT2D eigenvalue weighted by molar-refractivity contribution is -0.123. The maximum atomic E-state index is 11.4. The maximum Gasteiger partial charge on any atom is 0.408 e. The van der Waals surface area contributed by atoms with Crippen molar-refractivity contribution in [3.8, 4) is 0 Å². The molecule has 0 radical (unpaired) electrons. The van der Waals surface area contributed by atoms with E-state index in [1.54, 1.807) is 34.6 Å². The lowest BCUT2D eigenvalue weighted by Crippen LogP contribution is -2.53. The largest absolute Gasteiger partial charge is 0.444 e. The minimum absolute atomic E-state index is 0.557. The molecule has 1 amide bonds. The van der Waals surface area contributed by atoms with Gasteiger partial charge in [-0.1, -0.05) is 0 Å². The summed E-state index contributed by atoms with van der Waals surface area (Å²) in [6.45, 7) is 8.60.